The van der Waals surface area contributed by atoms with Crippen LogP contribution in [0.2, 0.25) is 0 Å². The maximum Gasteiger partial charge on any atom is 0.325 e. The summed E-state index contributed by atoms with van der Waals surface area (Å²) in [7, 11) is 1.83. The molecule has 2 aromatic rings. The Hall–Kier alpha value is -2.86. The summed E-state index contributed by atoms with van der Waals surface area (Å²) in [5, 5.41) is 5.11. The molecule has 2 N–H and O–H groups in total. The van der Waals surface area contributed by atoms with E-state index in [4.69, 9.17) is 4.74 Å². The number of hydrogen-bond donors (Lipinski definition) is 2. The molecule has 1 atom stereocenters. The lowest BCUT2D eigenvalue weighted by Crippen LogP contribution is -2.47. The molecule has 1 unspecified atom stereocenters. The van der Waals surface area contributed by atoms with Crippen LogP contribution in [0.25, 0.3) is 0 Å². The van der Waals surface area contributed by atoms with Crippen molar-refractivity contribution in [1.29, 1.82) is 0 Å². The van der Waals surface area contributed by atoms with Crippen LogP contribution in [-0.4, -0.2) is 43.1 Å². The number of amides is 3. The molecule has 2 rings (SSSR count). The van der Waals surface area contributed by atoms with Gasteiger partial charge < -0.3 is 10.1 Å². The van der Waals surface area contributed by atoms with E-state index in [1.54, 1.807) is 6.92 Å². The lowest BCUT2D eigenvalue weighted by Gasteiger charge is -2.23. The molecule has 6 nitrogen and oxygen atoms in total. The molecule has 0 bridgehead atoms. The van der Waals surface area contributed by atoms with E-state index >= 15 is 0 Å². The van der Waals surface area contributed by atoms with Crippen molar-refractivity contribution >= 4 is 17.6 Å². The number of benzene rings is 2. The fourth-order valence-corrected chi connectivity index (χ4v) is 2.73. The Labute approximate surface area is 166 Å². The molecule has 0 saturated carbocycles. The van der Waals surface area contributed by atoms with Crippen LogP contribution in [0.4, 0.5) is 10.5 Å². The van der Waals surface area contributed by atoms with Gasteiger partial charge in [0.2, 0.25) is 5.91 Å². The van der Waals surface area contributed by atoms with E-state index in [0.717, 1.165) is 22.4 Å². The first kappa shape index (κ1) is 21.4. The summed E-state index contributed by atoms with van der Waals surface area (Å²) in [4.78, 5) is 26.3. The third kappa shape index (κ3) is 6.39. The van der Waals surface area contributed by atoms with Gasteiger partial charge in [-0.2, -0.15) is 0 Å². The zero-order valence-electron chi connectivity index (χ0n) is 17.2. The molecule has 0 aliphatic carbocycles. The van der Waals surface area contributed by atoms with Crippen molar-refractivity contribution in [3.8, 4) is 5.75 Å². The van der Waals surface area contributed by atoms with E-state index in [-0.39, 0.29) is 5.91 Å². The van der Waals surface area contributed by atoms with E-state index < -0.39 is 12.1 Å². The van der Waals surface area contributed by atoms with Crippen LogP contribution in [0.3, 0.4) is 0 Å². The molecule has 0 aliphatic rings. The van der Waals surface area contributed by atoms with Crippen LogP contribution in [0.15, 0.2) is 42.5 Å². The molecule has 0 saturated heterocycles. The molecule has 0 spiro atoms. The van der Waals surface area contributed by atoms with Crippen molar-refractivity contribution in [1.82, 2.24) is 10.2 Å². The first-order valence-electron chi connectivity index (χ1n) is 9.35. The van der Waals surface area contributed by atoms with Crippen molar-refractivity contribution in [3.05, 3.63) is 59.2 Å². The second kappa shape index (κ2) is 9.90. The van der Waals surface area contributed by atoms with Gasteiger partial charge in [-0.3, -0.25) is 15.0 Å². The number of anilines is 1. The minimum absolute atomic E-state index is 0.361. The normalized spacial score (nSPS) is 11.8. The quantitative estimate of drug-likeness (QED) is 0.765. The molecule has 6 heteroatoms. The zero-order valence-corrected chi connectivity index (χ0v) is 17.2. The Morgan fingerprint density at radius 1 is 1.07 bits per heavy atom. The number of ether oxygens (including phenoxy) is 1. The van der Waals surface area contributed by atoms with Gasteiger partial charge in [0.1, 0.15) is 12.4 Å². The first-order chi connectivity index (χ1) is 13.3. The number of aryl methyl sites for hydroxylation is 3. The van der Waals surface area contributed by atoms with Crippen LogP contribution >= 0.6 is 0 Å². The van der Waals surface area contributed by atoms with Crippen LogP contribution in [-0.2, 0) is 4.79 Å². The van der Waals surface area contributed by atoms with Crippen molar-refractivity contribution in [2.75, 3.05) is 25.5 Å². The van der Waals surface area contributed by atoms with Gasteiger partial charge >= 0.3 is 6.03 Å². The SMILES string of the molecule is Cc1cccc(OCCN(C)C(C)C(=O)NC(=O)Nc2ccc(C)cc2C)c1. The first-order valence-corrected chi connectivity index (χ1v) is 9.35. The van der Waals surface area contributed by atoms with E-state index in [9.17, 15) is 9.59 Å². The average Bonchev–Trinajstić information content (AvgIpc) is 2.63. The number of nitrogens with one attached hydrogen (secondary N) is 2. The number of likely N-dealkylation sites (N-methyl/N-ethyl adjacent to an activating group) is 1. The van der Waals surface area contributed by atoms with Crippen LogP contribution in [0.5, 0.6) is 5.75 Å². The monoisotopic (exact) mass is 383 g/mol. The van der Waals surface area contributed by atoms with Gasteiger partial charge in [0.15, 0.2) is 0 Å². The smallest absolute Gasteiger partial charge is 0.325 e. The molecule has 0 fully saturated rings. The molecular weight excluding hydrogens is 354 g/mol. The maximum atomic E-state index is 12.3. The highest BCUT2D eigenvalue weighted by Crippen LogP contribution is 2.16. The number of carbonyl (C=O) groups excluding carboxylic acids is 2. The fraction of sp³-hybridized carbons (Fsp3) is 0.364. The van der Waals surface area contributed by atoms with Gasteiger partial charge in [-0.05, 0) is 64.1 Å². The lowest BCUT2D eigenvalue weighted by atomic mass is 10.1. The lowest BCUT2D eigenvalue weighted by molar-refractivity contribution is -0.124. The van der Waals surface area contributed by atoms with Gasteiger partial charge in [0.25, 0.3) is 0 Å². The number of nitrogens with zero attached hydrogens (tertiary/aromatic N) is 1. The summed E-state index contributed by atoms with van der Waals surface area (Å²) < 4.78 is 5.72. The highest BCUT2D eigenvalue weighted by Gasteiger charge is 2.20. The molecule has 0 radical (unpaired) electrons. The van der Waals surface area contributed by atoms with Crippen molar-refractivity contribution in [2.45, 2.75) is 33.7 Å². The summed E-state index contributed by atoms with van der Waals surface area (Å²) in [5.41, 5.74) is 3.88. The Balaban J connectivity index is 1.79. The summed E-state index contributed by atoms with van der Waals surface area (Å²) in [6.07, 6.45) is 0. The predicted molar refractivity (Wildman–Crippen MR) is 112 cm³/mol. The Kier molecular flexibility index (Phi) is 7.58. The average molecular weight is 383 g/mol. The maximum absolute atomic E-state index is 12.3. The molecule has 0 aromatic heterocycles. The van der Waals surface area contributed by atoms with Crippen LogP contribution < -0.4 is 15.4 Å². The van der Waals surface area contributed by atoms with Crippen LogP contribution in [0, 0.1) is 20.8 Å². The molecule has 0 heterocycles. The standard InChI is InChI=1S/C22H29N3O3/c1-15-7-6-8-19(14-15)28-12-11-25(5)18(4)21(26)24-22(27)23-20-10-9-16(2)13-17(20)3/h6-10,13-14,18H,11-12H2,1-5H3,(H2,23,24,26,27). The minimum atomic E-state index is -0.534. The number of hydrogen-bond acceptors (Lipinski definition) is 4. The molecule has 2 aromatic carbocycles. The number of imide groups is 1. The zero-order chi connectivity index (χ0) is 20.7. The topological polar surface area (TPSA) is 70.7 Å². The third-order valence-electron chi connectivity index (χ3n) is 4.61. The van der Waals surface area contributed by atoms with Gasteiger partial charge in [-0.15, -0.1) is 0 Å². The summed E-state index contributed by atoms with van der Waals surface area (Å²) in [6, 6.07) is 12.5. The second-order valence-electron chi connectivity index (χ2n) is 7.08. The van der Waals surface area contributed by atoms with Crippen LogP contribution in [0.1, 0.15) is 23.6 Å². The Morgan fingerprint density at radius 2 is 1.79 bits per heavy atom. The minimum Gasteiger partial charge on any atom is -0.492 e. The molecule has 28 heavy (non-hydrogen) atoms. The Morgan fingerprint density at radius 3 is 2.46 bits per heavy atom. The van der Waals surface area contributed by atoms with E-state index in [1.165, 1.54) is 0 Å². The molecule has 0 aliphatic heterocycles. The Bertz CT molecular complexity index is 836. The van der Waals surface area contributed by atoms with Crippen molar-refractivity contribution in [3.63, 3.8) is 0 Å². The van der Waals surface area contributed by atoms with E-state index in [1.807, 2.05) is 75.2 Å². The molecule has 3 amide bonds. The van der Waals surface area contributed by atoms with Gasteiger partial charge in [0, 0.05) is 12.2 Å². The summed E-state index contributed by atoms with van der Waals surface area (Å²) in [6.45, 7) is 8.67. The third-order valence-corrected chi connectivity index (χ3v) is 4.61. The molecular formula is C22H29N3O3. The van der Waals surface area contributed by atoms with Crippen molar-refractivity contribution in [2.24, 2.45) is 0 Å². The summed E-state index contributed by atoms with van der Waals surface area (Å²) >= 11 is 0. The van der Waals surface area contributed by atoms with E-state index in [2.05, 4.69) is 10.6 Å². The largest absolute Gasteiger partial charge is 0.492 e. The van der Waals surface area contributed by atoms with E-state index in [0.29, 0.717) is 18.8 Å². The summed E-state index contributed by atoms with van der Waals surface area (Å²) in [5.74, 6) is 0.443. The number of rotatable bonds is 7. The predicted octanol–water partition coefficient (Wildman–Crippen LogP) is 3.66. The van der Waals surface area contributed by atoms with Gasteiger partial charge in [-0.1, -0.05) is 29.8 Å². The number of carbonyl (C=O) groups is 2. The second-order valence-corrected chi connectivity index (χ2v) is 7.08. The fourth-order valence-electron chi connectivity index (χ4n) is 2.73. The highest BCUT2D eigenvalue weighted by molar-refractivity contribution is 6.03. The molecule has 150 valence electrons. The van der Waals surface area contributed by atoms with Gasteiger partial charge in [-0.25, -0.2) is 4.79 Å². The van der Waals surface area contributed by atoms with Crippen molar-refractivity contribution < 1.29 is 14.3 Å². The number of urea groups is 1. The van der Waals surface area contributed by atoms with Gasteiger partial charge in [0.05, 0.1) is 6.04 Å². The highest BCUT2D eigenvalue weighted by atomic mass is 16.5.